The van der Waals surface area contributed by atoms with Crippen molar-refractivity contribution in [1.29, 1.82) is 0 Å². The van der Waals surface area contributed by atoms with Crippen molar-refractivity contribution in [2.45, 2.75) is 141 Å². The minimum absolute atomic E-state index is 0.522. The van der Waals surface area contributed by atoms with Crippen molar-refractivity contribution in [1.82, 2.24) is 0 Å². The molecule has 0 fully saturated rings. The van der Waals surface area contributed by atoms with Gasteiger partial charge in [-0.05, 0) is 38.5 Å². The molecule has 0 aliphatic rings. The van der Waals surface area contributed by atoms with E-state index in [0.29, 0.717) is 4.48 Å². The molecule has 0 aromatic rings. The highest BCUT2D eigenvalue weighted by atomic mass is 31.1. The first kappa shape index (κ1) is 30.8. The molecule has 0 radical (unpaired) electrons. The minimum atomic E-state index is -2.42. The van der Waals surface area contributed by atoms with E-state index < -0.39 is 13.3 Å². The highest BCUT2D eigenvalue weighted by Gasteiger charge is 2.53. The van der Waals surface area contributed by atoms with Crippen LogP contribution in [0.1, 0.15) is 136 Å². The lowest BCUT2D eigenvalue weighted by Crippen LogP contribution is -2.55. The fourth-order valence-electron chi connectivity index (χ4n) is 4.63. The van der Waals surface area contributed by atoms with Gasteiger partial charge in [0.1, 0.15) is 0 Å². The average Bonchev–Trinajstić information content (AvgIpc) is 2.71. The van der Waals surface area contributed by atoms with E-state index in [0.717, 1.165) is 25.7 Å². The number of rotatable bonds is 22. The highest BCUT2D eigenvalue weighted by molar-refractivity contribution is 7.38. The van der Waals surface area contributed by atoms with Crippen molar-refractivity contribution in [3.63, 3.8) is 0 Å². The van der Waals surface area contributed by atoms with Gasteiger partial charge in [0.05, 0.1) is 21.1 Å². The van der Waals surface area contributed by atoms with E-state index in [-0.39, 0.29) is 0 Å². The Labute approximate surface area is 196 Å². The van der Waals surface area contributed by atoms with Gasteiger partial charge in [0, 0.05) is 12.8 Å². The van der Waals surface area contributed by atoms with E-state index in [9.17, 15) is 9.46 Å². The van der Waals surface area contributed by atoms with Crippen molar-refractivity contribution in [2.24, 2.45) is 0 Å². The average molecular weight is 457 g/mol. The molecule has 2 unspecified atom stereocenters. The molecule has 0 saturated heterocycles. The Bertz CT molecular complexity index is 459. The molecule has 0 aliphatic carbocycles. The Hall–Kier alpha value is -0.240. The fraction of sp³-hybridized carbons (Fsp3) is 0.926. The summed E-state index contributed by atoms with van der Waals surface area (Å²) < 4.78 is 12.6. The highest BCUT2D eigenvalue weighted by Crippen LogP contribution is 2.45. The molecule has 0 heterocycles. The smallest absolute Gasteiger partial charge is 0.376 e. The summed E-state index contributed by atoms with van der Waals surface area (Å²) in [5.41, 5.74) is 0. The summed E-state index contributed by atoms with van der Waals surface area (Å²) in [7, 11) is 3.68. The second kappa shape index (κ2) is 19.2. The van der Waals surface area contributed by atoms with Gasteiger partial charge in [-0.2, -0.15) is 0 Å². The summed E-state index contributed by atoms with van der Waals surface area (Å²) in [4.78, 5) is 12.1. The molecule has 0 saturated carbocycles. The Morgan fingerprint density at radius 2 is 1.06 bits per heavy atom. The zero-order valence-corrected chi connectivity index (χ0v) is 22.7. The molecule has 0 rings (SSSR count). The zero-order valence-electron chi connectivity index (χ0n) is 21.8. The van der Waals surface area contributed by atoms with Gasteiger partial charge in [-0.25, -0.2) is 0 Å². The topological polar surface area (TPSA) is 40.1 Å². The van der Waals surface area contributed by atoms with Crippen LogP contribution in [0.3, 0.4) is 0 Å². The van der Waals surface area contributed by atoms with Gasteiger partial charge in [-0.3, -0.25) is 4.48 Å². The molecule has 0 aromatic heterocycles. The van der Waals surface area contributed by atoms with E-state index >= 15 is 0 Å². The minimum Gasteiger partial charge on any atom is -0.590 e. The van der Waals surface area contributed by atoms with Gasteiger partial charge >= 0.3 is 8.03 Å². The number of allylic oxidation sites excluding steroid dienone is 2. The summed E-state index contributed by atoms with van der Waals surface area (Å²) in [5.74, 6) is 0. The first-order valence-electron chi connectivity index (χ1n) is 13.4. The van der Waals surface area contributed by atoms with Crippen LogP contribution in [0, 0.1) is 0 Å². The van der Waals surface area contributed by atoms with Crippen LogP contribution in [0.4, 0.5) is 0 Å². The van der Waals surface area contributed by atoms with E-state index in [4.69, 9.17) is 0 Å². The molecule has 2 atom stereocenters. The number of nitrogens with zero attached hydrogens (tertiary/aromatic N) is 1. The van der Waals surface area contributed by atoms with Gasteiger partial charge < -0.3 is 4.89 Å². The Morgan fingerprint density at radius 3 is 1.45 bits per heavy atom. The summed E-state index contributed by atoms with van der Waals surface area (Å²) in [5, 5.41) is -0.589. The molecule has 0 aromatic carbocycles. The van der Waals surface area contributed by atoms with Gasteiger partial charge in [0.2, 0.25) is 0 Å². The van der Waals surface area contributed by atoms with Crippen molar-refractivity contribution in [3.05, 3.63) is 12.2 Å². The quantitative estimate of drug-likeness (QED) is 0.0709. The fourth-order valence-corrected chi connectivity index (χ4v) is 5.87. The third-order valence-corrected chi connectivity index (χ3v) is 8.55. The maximum atomic E-state index is 12.1. The van der Waals surface area contributed by atoms with Crippen molar-refractivity contribution in [2.75, 3.05) is 21.1 Å². The van der Waals surface area contributed by atoms with Crippen molar-refractivity contribution >= 4 is 8.03 Å². The number of quaternary nitrogens is 1. The summed E-state index contributed by atoms with van der Waals surface area (Å²) in [6.45, 7) is 4.36. The Balaban J connectivity index is 3.65. The molecule has 0 amide bonds. The standard InChI is InChI=1S/C27H55NO2P/c1-6-8-9-10-11-12-13-14-15-16-17-18-19-20-21-22-23-24-26-27(25-7-2,31(29)30)28(3,4)5/h12-13H,6-11,14-26H2,1-5H3/q+1. The third kappa shape index (κ3) is 14.5. The summed E-state index contributed by atoms with van der Waals surface area (Å²) in [6.07, 6.45) is 28.2. The monoisotopic (exact) mass is 456 g/mol. The lowest BCUT2D eigenvalue weighted by molar-refractivity contribution is -0.910. The molecule has 31 heavy (non-hydrogen) atoms. The van der Waals surface area contributed by atoms with Gasteiger partial charge in [0.25, 0.3) is 5.28 Å². The predicted molar refractivity (Wildman–Crippen MR) is 137 cm³/mol. The first-order chi connectivity index (χ1) is 14.8. The number of hydrogen-bond donors (Lipinski definition) is 0. The Morgan fingerprint density at radius 1 is 0.645 bits per heavy atom. The second-order valence-corrected chi connectivity index (χ2v) is 11.7. The van der Waals surface area contributed by atoms with Gasteiger partial charge in [-0.15, -0.1) is 0 Å². The maximum Gasteiger partial charge on any atom is 0.376 e. The van der Waals surface area contributed by atoms with E-state index in [1.165, 1.54) is 96.3 Å². The normalized spacial score (nSPS) is 14.8. The predicted octanol–water partition coefficient (Wildman–Crippen LogP) is 8.50. The molecule has 4 heteroatoms. The Kier molecular flexibility index (Phi) is 19.1. The summed E-state index contributed by atoms with van der Waals surface area (Å²) >= 11 is 0. The largest absolute Gasteiger partial charge is 0.590 e. The van der Waals surface area contributed by atoms with Crippen molar-refractivity contribution in [3.8, 4) is 0 Å². The van der Waals surface area contributed by atoms with Crippen molar-refractivity contribution < 1.29 is 13.9 Å². The lowest BCUT2D eigenvalue weighted by Gasteiger charge is -2.39. The second-order valence-electron chi connectivity index (χ2n) is 10.4. The molecular formula is C27H55NO2P+. The molecular weight excluding hydrogens is 401 g/mol. The van der Waals surface area contributed by atoms with Crippen LogP contribution >= 0.6 is 8.03 Å². The van der Waals surface area contributed by atoms with Crippen LogP contribution in [0.25, 0.3) is 0 Å². The lowest BCUT2D eigenvalue weighted by atomic mass is 9.99. The number of hydrogen-bond acceptors (Lipinski definition) is 2. The van der Waals surface area contributed by atoms with Crippen LogP contribution in [0.2, 0.25) is 0 Å². The molecule has 0 N–H and O–H groups in total. The molecule has 3 nitrogen and oxygen atoms in total. The molecule has 184 valence electrons. The van der Waals surface area contributed by atoms with E-state index in [1.807, 2.05) is 21.1 Å². The number of unbranched alkanes of at least 4 members (excludes halogenated alkanes) is 14. The zero-order chi connectivity index (χ0) is 23.4. The van der Waals surface area contributed by atoms with Crippen LogP contribution in [0.5, 0.6) is 0 Å². The molecule has 0 spiro atoms. The van der Waals surface area contributed by atoms with E-state index in [2.05, 4.69) is 26.0 Å². The van der Waals surface area contributed by atoms with Crippen LogP contribution in [-0.2, 0) is 4.57 Å². The summed E-state index contributed by atoms with van der Waals surface area (Å²) in [6, 6.07) is 0. The van der Waals surface area contributed by atoms with E-state index in [1.54, 1.807) is 0 Å². The third-order valence-electron chi connectivity index (χ3n) is 6.83. The SMILES string of the molecule is CCCCCCC=CCCCCCCCCCCCCC(CCC)([P+](=O)[O-])[N+](C)(C)C. The van der Waals surface area contributed by atoms with Gasteiger partial charge in [0.15, 0.2) is 0 Å². The van der Waals surface area contributed by atoms with Crippen LogP contribution in [0.15, 0.2) is 12.2 Å². The molecule has 0 bridgehead atoms. The maximum absolute atomic E-state index is 12.1. The van der Waals surface area contributed by atoms with Crippen LogP contribution in [-0.4, -0.2) is 30.9 Å². The van der Waals surface area contributed by atoms with Gasteiger partial charge in [-0.1, -0.05) is 101 Å². The molecule has 0 aliphatic heterocycles. The van der Waals surface area contributed by atoms with Crippen LogP contribution < -0.4 is 4.89 Å². The first-order valence-corrected chi connectivity index (χ1v) is 14.6.